The molecule has 1 aromatic carbocycles. The Labute approximate surface area is 114 Å². The van der Waals surface area contributed by atoms with Crippen LogP contribution in [-0.4, -0.2) is 36.5 Å². The first-order chi connectivity index (χ1) is 8.68. The molecule has 0 aromatic heterocycles. The third-order valence-electron chi connectivity index (χ3n) is 3.47. The largest absolute Gasteiger partial charge is 0.350 e. The molecule has 1 heterocycles. The summed E-state index contributed by atoms with van der Waals surface area (Å²) in [6.07, 6.45) is 2.55. The van der Waals surface area contributed by atoms with Crippen molar-refractivity contribution in [2.75, 3.05) is 19.6 Å². The van der Waals surface area contributed by atoms with Gasteiger partial charge in [-0.25, -0.2) is 0 Å². The van der Waals surface area contributed by atoms with Crippen LogP contribution in [0, 0.1) is 0 Å². The SMILES string of the molecule is CC(CNC(=O)c1ccccc1S)N1CCCC1. The second-order valence-electron chi connectivity index (χ2n) is 4.82. The van der Waals surface area contributed by atoms with Crippen molar-refractivity contribution in [3.05, 3.63) is 29.8 Å². The molecule has 3 nitrogen and oxygen atoms in total. The quantitative estimate of drug-likeness (QED) is 0.817. The second kappa shape index (κ2) is 6.25. The van der Waals surface area contributed by atoms with E-state index >= 15 is 0 Å². The van der Waals surface area contributed by atoms with E-state index < -0.39 is 0 Å². The van der Waals surface area contributed by atoms with Gasteiger partial charge in [-0.3, -0.25) is 9.69 Å². The number of amides is 1. The van der Waals surface area contributed by atoms with Gasteiger partial charge in [0.2, 0.25) is 0 Å². The van der Waals surface area contributed by atoms with Crippen molar-refractivity contribution in [2.24, 2.45) is 0 Å². The van der Waals surface area contributed by atoms with Gasteiger partial charge in [-0.1, -0.05) is 12.1 Å². The van der Waals surface area contributed by atoms with Crippen molar-refractivity contribution in [3.63, 3.8) is 0 Å². The van der Waals surface area contributed by atoms with E-state index in [1.54, 1.807) is 6.07 Å². The van der Waals surface area contributed by atoms with Gasteiger partial charge in [-0.05, 0) is 45.0 Å². The Bertz CT molecular complexity index is 416. The van der Waals surface area contributed by atoms with Crippen LogP contribution in [0.25, 0.3) is 0 Å². The Morgan fingerprint density at radius 2 is 2.06 bits per heavy atom. The summed E-state index contributed by atoms with van der Waals surface area (Å²) in [5.41, 5.74) is 0.648. The molecule has 98 valence electrons. The zero-order valence-electron chi connectivity index (χ0n) is 10.7. The number of benzene rings is 1. The van der Waals surface area contributed by atoms with Crippen molar-refractivity contribution in [2.45, 2.75) is 30.7 Å². The average molecular weight is 264 g/mol. The maximum atomic E-state index is 12.0. The van der Waals surface area contributed by atoms with Crippen LogP contribution >= 0.6 is 12.6 Å². The van der Waals surface area contributed by atoms with Crippen LogP contribution in [0.4, 0.5) is 0 Å². The normalized spacial score (nSPS) is 17.7. The highest BCUT2D eigenvalue weighted by Gasteiger charge is 2.18. The van der Waals surface area contributed by atoms with Gasteiger partial charge in [-0.15, -0.1) is 12.6 Å². The lowest BCUT2D eigenvalue weighted by atomic mass is 10.2. The van der Waals surface area contributed by atoms with Crippen molar-refractivity contribution in [1.82, 2.24) is 10.2 Å². The van der Waals surface area contributed by atoms with Crippen LogP contribution in [0.3, 0.4) is 0 Å². The van der Waals surface area contributed by atoms with Crippen LogP contribution in [0.15, 0.2) is 29.2 Å². The summed E-state index contributed by atoms with van der Waals surface area (Å²) in [6, 6.07) is 7.79. The smallest absolute Gasteiger partial charge is 0.252 e. The van der Waals surface area contributed by atoms with Crippen molar-refractivity contribution in [3.8, 4) is 0 Å². The number of rotatable bonds is 4. The molecular formula is C14H20N2OS. The molecule has 0 radical (unpaired) electrons. The predicted molar refractivity (Wildman–Crippen MR) is 76.3 cm³/mol. The minimum absolute atomic E-state index is 0.0355. The number of hydrogen-bond acceptors (Lipinski definition) is 3. The first-order valence-electron chi connectivity index (χ1n) is 6.48. The first-order valence-corrected chi connectivity index (χ1v) is 6.93. The van der Waals surface area contributed by atoms with E-state index in [1.165, 1.54) is 12.8 Å². The molecule has 0 spiro atoms. The second-order valence-corrected chi connectivity index (χ2v) is 5.30. The van der Waals surface area contributed by atoms with Crippen LogP contribution < -0.4 is 5.32 Å². The van der Waals surface area contributed by atoms with E-state index in [0.29, 0.717) is 18.2 Å². The van der Waals surface area contributed by atoms with Crippen LogP contribution in [-0.2, 0) is 0 Å². The molecular weight excluding hydrogens is 244 g/mol. The Morgan fingerprint density at radius 3 is 2.72 bits per heavy atom. The van der Waals surface area contributed by atoms with E-state index in [2.05, 4.69) is 29.8 Å². The highest BCUT2D eigenvalue weighted by molar-refractivity contribution is 7.80. The molecule has 1 atom stereocenters. The highest BCUT2D eigenvalue weighted by atomic mass is 32.1. The average Bonchev–Trinajstić information content (AvgIpc) is 2.90. The molecule has 1 saturated heterocycles. The van der Waals surface area contributed by atoms with E-state index in [-0.39, 0.29) is 5.91 Å². The topological polar surface area (TPSA) is 32.3 Å². The summed E-state index contributed by atoms with van der Waals surface area (Å²) in [5.74, 6) is -0.0355. The molecule has 1 unspecified atom stereocenters. The maximum absolute atomic E-state index is 12.0. The fraction of sp³-hybridized carbons (Fsp3) is 0.500. The minimum atomic E-state index is -0.0355. The van der Waals surface area contributed by atoms with E-state index in [1.807, 2.05) is 18.2 Å². The first kappa shape index (κ1) is 13.4. The van der Waals surface area contributed by atoms with Gasteiger partial charge in [-0.2, -0.15) is 0 Å². The number of hydrogen-bond donors (Lipinski definition) is 2. The lowest BCUT2D eigenvalue weighted by Crippen LogP contribution is -2.40. The van der Waals surface area contributed by atoms with E-state index in [4.69, 9.17) is 0 Å². The molecule has 0 bridgehead atoms. The third-order valence-corrected chi connectivity index (χ3v) is 3.86. The van der Waals surface area contributed by atoms with Gasteiger partial charge < -0.3 is 5.32 Å². The van der Waals surface area contributed by atoms with Gasteiger partial charge in [0.05, 0.1) is 5.56 Å². The molecule has 1 N–H and O–H groups in total. The molecule has 1 aliphatic heterocycles. The summed E-state index contributed by atoms with van der Waals surface area (Å²) < 4.78 is 0. The predicted octanol–water partition coefficient (Wildman–Crippen LogP) is 2.19. The summed E-state index contributed by atoms with van der Waals surface area (Å²) in [7, 11) is 0. The van der Waals surface area contributed by atoms with Gasteiger partial charge in [0.25, 0.3) is 5.91 Å². The summed E-state index contributed by atoms with van der Waals surface area (Å²) in [4.78, 5) is 15.2. The summed E-state index contributed by atoms with van der Waals surface area (Å²) >= 11 is 4.30. The number of nitrogens with zero attached hydrogens (tertiary/aromatic N) is 1. The van der Waals surface area contributed by atoms with Crippen LogP contribution in [0.1, 0.15) is 30.1 Å². The summed E-state index contributed by atoms with van der Waals surface area (Å²) in [5, 5.41) is 2.99. The van der Waals surface area contributed by atoms with Gasteiger partial charge >= 0.3 is 0 Å². The zero-order chi connectivity index (χ0) is 13.0. The Hall–Kier alpha value is -1.00. The molecule has 1 fully saturated rings. The Morgan fingerprint density at radius 1 is 1.39 bits per heavy atom. The van der Waals surface area contributed by atoms with Crippen LogP contribution in [0.2, 0.25) is 0 Å². The Kier molecular flexibility index (Phi) is 4.66. The number of nitrogens with one attached hydrogen (secondary N) is 1. The molecule has 1 aliphatic rings. The van der Waals surface area contributed by atoms with Crippen molar-refractivity contribution in [1.29, 1.82) is 0 Å². The molecule has 4 heteroatoms. The monoisotopic (exact) mass is 264 g/mol. The molecule has 1 amide bonds. The fourth-order valence-corrected chi connectivity index (χ4v) is 2.57. The zero-order valence-corrected chi connectivity index (χ0v) is 11.6. The molecule has 0 aliphatic carbocycles. The standard InChI is InChI=1S/C14H20N2OS/c1-11(16-8-4-5-9-16)10-15-14(17)12-6-2-3-7-13(12)18/h2-3,6-7,11,18H,4-5,8-10H2,1H3,(H,15,17). The molecule has 1 aromatic rings. The number of carbonyl (C=O) groups excluding carboxylic acids is 1. The number of thiol groups is 1. The maximum Gasteiger partial charge on any atom is 0.252 e. The third kappa shape index (κ3) is 3.27. The van der Waals surface area contributed by atoms with Gasteiger partial charge in [0, 0.05) is 17.5 Å². The summed E-state index contributed by atoms with van der Waals surface area (Å²) in [6.45, 7) is 5.17. The van der Waals surface area contributed by atoms with Crippen molar-refractivity contribution < 1.29 is 4.79 Å². The molecule has 18 heavy (non-hydrogen) atoms. The van der Waals surface area contributed by atoms with E-state index in [9.17, 15) is 4.79 Å². The molecule has 2 rings (SSSR count). The fourth-order valence-electron chi connectivity index (χ4n) is 2.31. The molecule has 0 saturated carbocycles. The van der Waals surface area contributed by atoms with Gasteiger partial charge in [0.1, 0.15) is 0 Å². The van der Waals surface area contributed by atoms with E-state index in [0.717, 1.165) is 18.0 Å². The highest BCUT2D eigenvalue weighted by Crippen LogP contribution is 2.13. The lowest BCUT2D eigenvalue weighted by molar-refractivity contribution is 0.0937. The Balaban J connectivity index is 1.86. The van der Waals surface area contributed by atoms with Crippen LogP contribution in [0.5, 0.6) is 0 Å². The number of likely N-dealkylation sites (tertiary alicyclic amines) is 1. The minimum Gasteiger partial charge on any atom is -0.350 e. The number of carbonyl (C=O) groups is 1. The van der Waals surface area contributed by atoms with Gasteiger partial charge in [0.15, 0.2) is 0 Å². The lowest BCUT2D eigenvalue weighted by Gasteiger charge is -2.23. The van der Waals surface area contributed by atoms with Crippen molar-refractivity contribution >= 4 is 18.5 Å².